The Hall–Kier alpha value is -2.15. The lowest BCUT2D eigenvalue weighted by Gasteiger charge is -2.02. The van der Waals surface area contributed by atoms with Gasteiger partial charge >= 0.3 is 0 Å². The summed E-state index contributed by atoms with van der Waals surface area (Å²) in [7, 11) is 0. The van der Waals surface area contributed by atoms with E-state index in [9.17, 15) is 19.2 Å². The summed E-state index contributed by atoms with van der Waals surface area (Å²) in [6, 6.07) is 1.33. The zero-order valence-corrected chi connectivity index (χ0v) is 11.3. The molecule has 0 aliphatic rings. The molecular weight excluding hydrogens is 280 g/mol. The Morgan fingerprint density at radius 1 is 0.900 bits per heavy atom. The van der Waals surface area contributed by atoms with Crippen LogP contribution in [0.4, 0.5) is 0 Å². The van der Waals surface area contributed by atoms with Crippen molar-refractivity contribution >= 4 is 33.3 Å². The van der Waals surface area contributed by atoms with Gasteiger partial charge in [0.2, 0.25) is 0 Å². The van der Waals surface area contributed by atoms with Gasteiger partial charge in [-0.2, -0.15) is 11.8 Å². The first-order chi connectivity index (χ1) is 9.54. The molecule has 7 heteroatoms. The van der Waals surface area contributed by atoms with Crippen molar-refractivity contribution in [3.05, 3.63) is 53.0 Å². The monoisotopic (exact) mass is 290 g/mol. The number of H-pyrrole nitrogens is 2. The summed E-state index contributed by atoms with van der Waals surface area (Å²) in [5.41, 5.74) is -1.57. The van der Waals surface area contributed by atoms with Crippen LogP contribution in [0, 0.1) is 0 Å². The number of benzene rings is 1. The van der Waals surface area contributed by atoms with E-state index in [-0.39, 0.29) is 21.5 Å². The number of fused-ring (bicyclic) bond motifs is 2. The minimum atomic E-state index is -0.523. The van der Waals surface area contributed by atoms with E-state index in [2.05, 4.69) is 9.97 Å². The third kappa shape index (κ3) is 1.66. The lowest BCUT2D eigenvalue weighted by atomic mass is 10.0. The first-order valence-corrected chi connectivity index (χ1v) is 7.34. The molecule has 20 heavy (non-hydrogen) atoms. The summed E-state index contributed by atoms with van der Waals surface area (Å²) in [4.78, 5) is 51.7. The maximum atomic E-state index is 11.9. The molecule has 0 unspecified atom stereocenters. The van der Waals surface area contributed by atoms with Gasteiger partial charge in [-0.15, -0.1) is 0 Å². The molecule has 6 nitrogen and oxygen atoms in total. The Morgan fingerprint density at radius 2 is 1.40 bits per heavy atom. The van der Waals surface area contributed by atoms with E-state index in [0.717, 1.165) is 0 Å². The lowest BCUT2D eigenvalue weighted by Crippen LogP contribution is -2.08. The van der Waals surface area contributed by atoms with Crippen molar-refractivity contribution in [3.63, 3.8) is 0 Å². The second kappa shape index (κ2) is 4.45. The quantitative estimate of drug-likeness (QED) is 0.700. The van der Waals surface area contributed by atoms with Crippen LogP contribution in [0.15, 0.2) is 25.2 Å². The number of rotatable bonds is 3. The molecule has 0 radical (unpaired) electrons. The number of aromatic amines is 2. The summed E-state index contributed by atoms with van der Waals surface area (Å²) in [5.74, 6) is 0.686. The van der Waals surface area contributed by atoms with Gasteiger partial charge < -0.3 is 0 Å². The van der Waals surface area contributed by atoms with Gasteiger partial charge in [0.25, 0.3) is 22.2 Å². The summed E-state index contributed by atoms with van der Waals surface area (Å²) < 4.78 is 0. The summed E-state index contributed by atoms with van der Waals surface area (Å²) in [6.07, 6.45) is 2.36. The van der Waals surface area contributed by atoms with Crippen LogP contribution in [-0.4, -0.2) is 22.0 Å². The van der Waals surface area contributed by atoms with Crippen LogP contribution in [0.1, 0.15) is 5.56 Å². The van der Waals surface area contributed by atoms with E-state index in [0.29, 0.717) is 17.7 Å². The van der Waals surface area contributed by atoms with Crippen LogP contribution < -0.4 is 22.2 Å². The Labute approximate surface area is 115 Å². The standard InChI is InChI=1S/C13H10N2O4S/c1-20-3-2-5-8-6(10(16)14-12(8)18)4-7-9(5)13(19)15-11(7)17/h4H,2-3H2,1H3,(H,14,16,18)(H,15,17,19). The molecule has 2 N–H and O–H groups in total. The van der Waals surface area contributed by atoms with Gasteiger partial charge in [-0.05, 0) is 30.1 Å². The molecule has 0 aliphatic carbocycles. The number of nitrogens with one attached hydrogen (secondary N) is 2. The zero-order chi connectivity index (χ0) is 14.4. The number of hydrogen-bond acceptors (Lipinski definition) is 5. The van der Waals surface area contributed by atoms with Crippen LogP contribution >= 0.6 is 11.8 Å². The minimum absolute atomic E-state index is 0.176. The smallest absolute Gasteiger partial charge is 0.259 e. The molecule has 0 spiro atoms. The average Bonchev–Trinajstić information content (AvgIpc) is 2.85. The first kappa shape index (κ1) is 12.9. The Kier molecular flexibility index (Phi) is 2.86. The van der Waals surface area contributed by atoms with E-state index in [4.69, 9.17) is 0 Å². The van der Waals surface area contributed by atoms with Gasteiger partial charge in [0.1, 0.15) is 0 Å². The van der Waals surface area contributed by atoms with Crippen LogP contribution in [0.5, 0.6) is 0 Å². The van der Waals surface area contributed by atoms with Gasteiger partial charge in [-0.3, -0.25) is 29.1 Å². The zero-order valence-electron chi connectivity index (χ0n) is 10.5. The Morgan fingerprint density at radius 3 is 1.85 bits per heavy atom. The highest BCUT2D eigenvalue weighted by molar-refractivity contribution is 7.98. The molecule has 3 aromatic rings. The maximum absolute atomic E-state index is 11.9. The maximum Gasteiger partial charge on any atom is 0.259 e. The molecule has 0 fully saturated rings. The summed E-state index contributed by atoms with van der Waals surface area (Å²) in [6.45, 7) is 0. The molecule has 102 valence electrons. The van der Waals surface area contributed by atoms with Crippen molar-refractivity contribution in [1.82, 2.24) is 9.97 Å². The van der Waals surface area contributed by atoms with E-state index in [1.54, 1.807) is 11.8 Å². The SMILES string of the molecule is CSCCc1c2c(=O)[nH]c(=O)c2cc2c(=O)[nH]c(=O)c12. The van der Waals surface area contributed by atoms with Crippen LogP contribution in [-0.2, 0) is 6.42 Å². The van der Waals surface area contributed by atoms with Gasteiger partial charge in [0.15, 0.2) is 0 Å². The Balaban J connectivity index is 2.60. The van der Waals surface area contributed by atoms with Gasteiger partial charge in [-0.25, -0.2) is 0 Å². The molecular formula is C13H10N2O4S. The molecule has 0 atom stereocenters. The van der Waals surface area contributed by atoms with Crippen molar-refractivity contribution in [2.45, 2.75) is 6.42 Å². The van der Waals surface area contributed by atoms with Gasteiger partial charge in [0.05, 0.1) is 21.5 Å². The highest BCUT2D eigenvalue weighted by Gasteiger charge is 2.19. The van der Waals surface area contributed by atoms with E-state index in [1.807, 2.05) is 6.26 Å². The topological polar surface area (TPSA) is 99.9 Å². The van der Waals surface area contributed by atoms with Crippen molar-refractivity contribution in [2.24, 2.45) is 0 Å². The summed E-state index contributed by atoms with van der Waals surface area (Å²) >= 11 is 1.56. The molecule has 1 aromatic carbocycles. The van der Waals surface area contributed by atoms with Crippen molar-refractivity contribution in [2.75, 3.05) is 12.0 Å². The normalized spacial score (nSPS) is 11.7. The molecule has 0 saturated heterocycles. The second-order valence-corrected chi connectivity index (χ2v) is 5.50. The lowest BCUT2D eigenvalue weighted by molar-refractivity contribution is 1.18. The van der Waals surface area contributed by atoms with Crippen molar-refractivity contribution in [1.29, 1.82) is 0 Å². The summed E-state index contributed by atoms with van der Waals surface area (Å²) in [5, 5.41) is 0.810. The molecule has 3 rings (SSSR count). The van der Waals surface area contributed by atoms with Crippen molar-refractivity contribution in [3.8, 4) is 0 Å². The number of aromatic nitrogens is 2. The molecule has 2 aromatic heterocycles. The second-order valence-electron chi connectivity index (χ2n) is 4.51. The van der Waals surface area contributed by atoms with Gasteiger partial charge in [0, 0.05) is 0 Å². The molecule has 0 bridgehead atoms. The third-order valence-corrected chi connectivity index (χ3v) is 4.00. The van der Waals surface area contributed by atoms with Crippen LogP contribution in [0.25, 0.3) is 21.5 Å². The predicted octanol–water partition coefficient (Wildman–Crippen LogP) is -0.129. The van der Waals surface area contributed by atoms with E-state index >= 15 is 0 Å². The number of aryl methyl sites for hydroxylation is 1. The Bertz CT molecular complexity index is 944. The third-order valence-electron chi connectivity index (χ3n) is 3.38. The average molecular weight is 290 g/mol. The molecule has 0 saturated carbocycles. The van der Waals surface area contributed by atoms with E-state index in [1.165, 1.54) is 6.07 Å². The fourth-order valence-electron chi connectivity index (χ4n) is 2.54. The van der Waals surface area contributed by atoms with E-state index < -0.39 is 22.2 Å². The highest BCUT2D eigenvalue weighted by Crippen LogP contribution is 2.22. The molecule has 0 amide bonds. The molecule has 0 aliphatic heterocycles. The number of thioether (sulfide) groups is 1. The molecule has 2 heterocycles. The van der Waals surface area contributed by atoms with Crippen LogP contribution in [0.2, 0.25) is 0 Å². The largest absolute Gasteiger partial charge is 0.288 e. The van der Waals surface area contributed by atoms with Gasteiger partial charge in [-0.1, -0.05) is 0 Å². The fraction of sp³-hybridized carbons (Fsp3) is 0.231. The number of hydrogen-bond donors (Lipinski definition) is 2. The highest BCUT2D eigenvalue weighted by atomic mass is 32.2. The predicted molar refractivity (Wildman–Crippen MR) is 79.7 cm³/mol. The van der Waals surface area contributed by atoms with Crippen LogP contribution in [0.3, 0.4) is 0 Å². The fourth-order valence-corrected chi connectivity index (χ4v) is 2.94. The minimum Gasteiger partial charge on any atom is -0.288 e. The first-order valence-electron chi connectivity index (χ1n) is 5.94. The van der Waals surface area contributed by atoms with Crippen molar-refractivity contribution < 1.29 is 0 Å².